The van der Waals surface area contributed by atoms with Crippen LogP contribution in [0, 0.1) is 5.41 Å². The molecule has 1 aliphatic carbocycles. The molecular formula is C10H15N3. The van der Waals surface area contributed by atoms with Crippen LogP contribution in [0.5, 0.6) is 0 Å². The molecule has 0 aliphatic heterocycles. The van der Waals surface area contributed by atoms with Gasteiger partial charge < -0.3 is 5.73 Å². The first-order chi connectivity index (χ1) is 6.07. The number of nitrogen functional groups attached to an aromatic ring is 1. The van der Waals surface area contributed by atoms with E-state index in [2.05, 4.69) is 23.8 Å². The maximum Gasteiger partial charge on any atom is 0.131 e. The highest BCUT2D eigenvalue weighted by Gasteiger charge is 2.38. The van der Waals surface area contributed by atoms with Gasteiger partial charge >= 0.3 is 0 Å². The molecule has 0 radical (unpaired) electrons. The van der Waals surface area contributed by atoms with Crippen LogP contribution in [0.15, 0.2) is 12.4 Å². The zero-order valence-corrected chi connectivity index (χ0v) is 8.12. The van der Waals surface area contributed by atoms with Gasteiger partial charge in [0.05, 0.1) is 18.1 Å². The topological polar surface area (TPSA) is 51.8 Å². The fraction of sp³-hybridized carbons (Fsp3) is 0.600. The SMILES string of the molecule is CC1(C)CC(c2ncc(N)cn2)C1. The monoisotopic (exact) mass is 177 g/mol. The van der Waals surface area contributed by atoms with E-state index in [1.165, 1.54) is 12.8 Å². The van der Waals surface area contributed by atoms with Crippen LogP contribution in [0.25, 0.3) is 0 Å². The van der Waals surface area contributed by atoms with E-state index < -0.39 is 0 Å². The minimum atomic E-state index is 0.482. The van der Waals surface area contributed by atoms with Gasteiger partial charge in [-0.05, 0) is 18.3 Å². The molecule has 1 aromatic heterocycles. The Hall–Kier alpha value is -1.12. The second-order valence-corrected chi connectivity index (χ2v) is 4.64. The van der Waals surface area contributed by atoms with Crippen molar-refractivity contribution in [2.45, 2.75) is 32.6 Å². The summed E-state index contributed by atoms with van der Waals surface area (Å²) in [4.78, 5) is 8.46. The molecule has 1 heterocycles. The van der Waals surface area contributed by atoms with Crippen LogP contribution in [0.3, 0.4) is 0 Å². The van der Waals surface area contributed by atoms with Crippen LogP contribution >= 0.6 is 0 Å². The number of anilines is 1. The van der Waals surface area contributed by atoms with Crippen LogP contribution in [-0.2, 0) is 0 Å². The summed E-state index contributed by atoms with van der Waals surface area (Å²) >= 11 is 0. The molecule has 0 spiro atoms. The molecule has 1 saturated carbocycles. The molecule has 1 aliphatic rings. The van der Waals surface area contributed by atoms with Crippen molar-refractivity contribution < 1.29 is 0 Å². The molecule has 0 aromatic carbocycles. The van der Waals surface area contributed by atoms with Gasteiger partial charge in [0.15, 0.2) is 0 Å². The zero-order valence-electron chi connectivity index (χ0n) is 8.12. The molecule has 0 unspecified atom stereocenters. The molecule has 0 atom stereocenters. The minimum absolute atomic E-state index is 0.482. The van der Waals surface area contributed by atoms with Crippen LogP contribution in [0.4, 0.5) is 5.69 Å². The predicted octanol–water partition coefficient (Wildman–Crippen LogP) is 1.96. The highest BCUT2D eigenvalue weighted by molar-refractivity contribution is 5.30. The number of nitrogens with zero attached hydrogens (tertiary/aromatic N) is 2. The Morgan fingerprint density at radius 1 is 1.31 bits per heavy atom. The third-order valence-electron chi connectivity index (χ3n) is 2.65. The number of nitrogens with two attached hydrogens (primary N) is 1. The van der Waals surface area contributed by atoms with Crippen molar-refractivity contribution in [1.29, 1.82) is 0 Å². The van der Waals surface area contributed by atoms with Crippen molar-refractivity contribution in [3.05, 3.63) is 18.2 Å². The zero-order chi connectivity index (χ0) is 9.47. The Kier molecular flexibility index (Phi) is 1.75. The predicted molar refractivity (Wildman–Crippen MR) is 52.2 cm³/mol. The highest BCUT2D eigenvalue weighted by atomic mass is 14.9. The van der Waals surface area contributed by atoms with E-state index in [-0.39, 0.29) is 0 Å². The van der Waals surface area contributed by atoms with Crippen molar-refractivity contribution in [2.75, 3.05) is 5.73 Å². The van der Waals surface area contributed by atoms with Crippen molar-refractivity contribution in [3.8, 4) is 0 Å². The van der Waals surface area contributed by atoms with Gasteiger partial charge in [-0.2, -0.15) is 0 Å². The Labute approximate surface area is 78.4 Å². The van der Waals surface area contributed by atoms with E-state index in [1.807, 2.05) is 0 Å². The third-order valence-corrected chi connectivity index (χ3v) is 2.65. The number of hydrogen-bond donors (Lipinski definition) is 1. The summed E-state index contributed by atoms with van der Waals surface area (Å²) in [6, 6.07) is 0. The summed E-state index contributed by atoms with van der Waals surface area (Å²) < 4.78 is 0. The normalized spacial score (nSPS) is 21.1. The van der Waals surface area contributed by atoms with E-state index in [4.69, 9.17) is 5.73 Å². The summed E-state index contributed by atoms with van der Waals surface area (Å²) in [5, 5.41) is 0. The van der Waals surface area contributed by atoms with Crippen molar-refractivity contribution in [1.82, 2.24) is 9.97 Å². The van der Waals surface area contributed by atoms with Gasteiger partial charge in [0, 0.05) is 5.92 Å². The second kappa shape index (κ2) is 2.69. The van der Waals surface area contributed by atoms with Gasteiger partial charge in [-0.1, -0.05) is 13.8 Å². The van der Waals surface area contributed by atoms with Gasteiger partial charge in [-0.3, -0.25) is 0 Å². The maximum absolute atomic E-state index is 5.51. The van der Waals surface area contributed by atoms with Crippen molar-refractivity contribution >= 4 is 5.69 Å². The highest BCUT2D eigenvalue weighted by Crippen LogP contribution is 2.49. The molecule has 1 aromatic rings. The van der Waals surface area contributed by atoms with Crippen LogP contribution in [0.1, 0.15) is 38.4 Å². The fourth-order valence-corrected chi connectivity index (χ4v) is 2.02. The first-order valence-electron chi connectivity index (χ1n) is 4.64. The first kappa shape index (κ1) is 8.48. The van der Waals surface area contributed by atoms with Gasteiger partial charge in [0.1, 0.15) is 5.82 Å². The molecule has 0 saturated heterocycles. The third kappa shape index (κ3) is 1.64. The van der Waals surface area contributed by atoms with Gasteiger partial charge in [-0.25, -0.2) is 9.97 Å². The lowest BCUT2D eigenvalue weighted by Crippen LogP contribution is -2.30. The molecule has 13 heavy (non-hydrogen) atoms. The fourth-order valence-electron chi connectivity index (χ4n) is 2.02. The first-order valence-corrected chi connectivity index (χ1v) is 4.64. The molecule has 1 fully saturated rings. The van der Waals surface area contributed by atoms with E-state index in [0.29, 0.717) is 17.0 Å². The smallest absolute Gasteiger partial charge is 0.131 e. The standard InChI is InChI=1S/C10H15N3/c1-10(2)3-7(4-10)9-12-5-8(11)6-13-9/h5-7H,3-4,11H2,1-2H3. The van der Waals surface area contributed by atoms with E-state index in [9.17, 15) is 0 Å². The van der Waals surface area contributed by atoms with Crippen molar-refractivity contribution in [2.24, 2.45) is 5.41 Å². The maximum atomic E-state index is 5.51. The molecule has 3 nitrogen and oxygen atoms in total. The Morgan fingerprint density at radius 2 is 1.85 bits per heavy atom. The number of rotatable bonds is 1. The lowest BCUT2D eigenvalue weighted by Gasteiger charge is -2.41. The van der Waals surface area contributed by atoms with Gasteiger partial charge in [0.25, 0.3) is 0 Å². The minimum Gasteiger partial charge on any atom is -0.396 e. The lowest BCUT2D eigenvalue weighted by molar-refractivity contribution is 0.145. The van der Waals surface area contributed by atoms with E-state index in [0.717, 1.165) is 5.82 Å². The average Bonchev–Trinajstić information content (AvgIpc) is 2.01. The molecule has 3 heteroatoms. The average molecular weight is 177 g/mol. The van der Waals surface area contributed by atoms with Crippen LogP contribution in [0.2, 0.25) is 0 Å². The molecular weight excluding hydrogens is 162 g/mol. The van der Waals surface area contributed by atoms with E-state index in [1.54, 1.807) is 12.4 Å². The summed E-state index contributed by atoms with van der Waals surface area (Å²) in [6.07, 6.45) is 5.76. The second-order valence-electron chi connectivity index (χ2n) is 4.64. The van der Waals surface area contributed by atoms with Crippen LogP contribution < -0.4 is 5.73 Å². The van der Waals surface area contributed by atoms with Gasteiger partial charge in [0.2, 0.25) is 0 Å². The molecule has 2 N–H and O–H groups in total. The number of aromatic nitrogens is 2. The summed E-state index contributed by atoms with van der Waals surface area (Å²) in [5.41, 5.74) is 6.64. The van der Waals surface area contributed by atoms with E-state index >= 15 is 0 Å². The summed E-state index contributed by atoms with van der Waals surface area (Å²) in [5.74, 6) is 1.50. The molecule has 0 bridgehead atoms. The Bertz CT molecular complexity index is 294. The molecule has 70 valence electrons. The molecule has 2 rings (SSSR count). The summed E-state index contributed by atoms with van der Waals surface area (Å²) in [7, 11) is 0. The summed E-state index contributed by atoms with van der Waals surface area (Å²) in [6.45, 7) is 4.56. The quantitative estimate of drug-likeness (QED) is 0.713. The molecule has 0 amide bonds. The van der Waals surface area contributed by atoms with Crippen LogP contribution in [-0.4, -0.2) is 9.97 Å². The lowest BCUT2D eigenvalue weighted by atomic mass is 9.64. The number of hydrogen-bond acceptors (Lipinski definition) is 3. The van der Waals surface area contributed by atoms with Gasteiger partial charge in [-0.15, -0.1) is 0 Å². The van der Waals surface area contributed by atoms with Crippen molar-refractivity contribution in [3.63, 3.8) is 0 Å². The largest absolute Gasteiger partial charge is 0.396 e. The Morgan fingerprint density at radius 3 is 2.31 bits per heavy atom. The Balaban J connectivity index is 2.08.